The fourth-order valence-corrected chi connectivity index (χ4v) is 2.89. The first-order valence-electron chi connectivity index (χ1n) is 6.64. The first kappa shape index (κ1) is 16.9. The minimum absolute atomic E-state index is 0.157. The molecule has 5 heteroatoms. The zero-order valence-corrected chi connectivity index (χ0v) is 13.4. The van der Waals surface area contributed by atoms with Gasteiger partial charge in [-0.3, -0.25) is 4.79 Å². The zero-order valence-electron chi connectivity index (χ0n) is 12.6. The summed E-state index contributed by atoms with van der Waals surface area (Å²) in [6.07, 6.45) is 0. The van der Waals surface area contributed by atoms with Gasteiger partial charge in [0.15, 0.2) is 0 Å². The summed E-state index contributed by atoms with van der Waals surface area (Å²) in [6, 6.07) is 6.31. The maximum absolute atomic E-state index is 11.2. The molecule has 0 spiro atoms. The van der Waals surface area contributed by atoms with Crippen LogP contribution in [0.4, 0.5) is 0 Å². The van der Waals surface area contributed by atoms with Gasteiger partial charge in [0.05, 0.1) is 20.0 Å². The molecule has 0 fully saturated rings. The number of esters is 1. The lowest BCUT2D eigenvalue weighted by Crippen LogP contribution is -2.24. The summed E-state index contributed by atoms with van der Waals surface area (Å²) in [6.45, 7) is 4.99. The van der Waals surface area contributed by atoms with Gasteiger partial charge in [0, 0.05) is 17.4 Å². The molecule has 20 heavy (non-hydrogen) atoms. The fourth-order valence-electron chi connectivity index (χ4n) is 1.95. The maximum Gasteiger partial charge on any atom is 0.315 e. The van der Waals surface area contributed by atoms with Gasteiger partial charge in [-0.2, -0.15) is 0 Å². The highest BCUT2D eigenvalue weighted by Crippen LogP contribution is 2.28. The Hall–Kier alpha value is -1.20. The monoisotopic (exact) mass is 297 g/mol. The van der Waals surface area contributed by atoms with E-state index in [-0.39, 0.29) is 12.0 Å². The number of methoxy groups -OCH3 is 2. The Kier molecular flexibility index (Phi) is 7.47. The van der Waals surface area contributed by atoms with Crippen molar-refractivity contribution in [3.8, 4) is 5.75 Å². The molecule has 1 aromatic rings. The molecule has 0 heterocycles. The van der Waals surface area contributed by atoms with E-state index in [1.807, 2.05) is 12.1 Å². The zero-order chi connectivity index (χ0) is 15.0. The van der Waals surface area contributed by atoms with Crippen molar-refractivity contribution in [1.29, 1.82) is 0 Å². The van der Waals surface area contributed by atoms with Crippen molar-refractivity contribution in [1.82, 2.24) is 5.32 Å². The van der Waals surface area contributed by atoms with Crippen LogP contribution in [0.1, 0.15) is 24.1 Å². The molecule has 0 saturated carbocycles. The van der Waals surface area contributed by atoms with Crippen LogP contribution in [0.15, 0.2) is 18.2 Å². The van der Waals surface area contributed by atoms with E-state index in [9.17, 15) is 4.79 Å². The lowest BCUT2D eigenvalue weighted by Gasteiger charge is -2.21. The van der Waals surface area contributed by atoms with Crippen LogP contribution in [0, 0.1) is 6.92 Å². The highest BCUT2D eigenvalue weighted by Gasteiger charge is 2.16. The summed E-state index contributed by atoms with van der Waals surface area (Å²) in [5.74, 6) is 1.84. The molecule has 1 aromatic carbocycles. The highest BCUT2D eigenvalue weighted by molar-refractivity contribution is 7.99. The molecule has 0 aliphatic carbocycles. The Bertz CT molecular complexity index is 437. The molecule has 4 nitrogen and oxygen atoms in total. The van der Waals surface area contributed by atoms with Gasteiger partial charge < -0.3 is 14.8 Å². The minimum Gasteiger partial charge on any atom is -0.496 e. The van der Waals surface area contributed by atoms with E-state index in [0.29, 0.717) is 5.75 Å². The Labute approximate surface area is 125 Å². The maximum atomic E-state index is 11.2. The average molecular weight is 297 g/mol. The molecule has 0 aliphatic heterocycles. The first-order chi connectivity index (χ1) is 9.62. The molecule has 0 amide bonds. The van der Waals surface area contributed by atoms with Crippen LogP contribution < -0.4 is 10.1 Å². The van der Waals surface area contributed by atoms with Gasteiger partial charge in [0.1, 0.15) is 5.75 Å². The summed E-state index contributed by atoms with van der Waals surface area (Å²) in [7, 11) is 3.09. The van der Waals surface area contributed by atoms with Crippen LogP contribution in [0.25, 0.3) is 0 Å². The highest BCUT2D eigenvalue weighted by atomic mass is 32.2. The molecule has 1 rings (SSSR count). The Balaban J connectivity index is 2.79. The number of rotatable bonds is 8. The van der Waals surface area contributed by atoms with E-state index < -0.39 is 0 Å². The van der Waals surface area contributed by atoms with Gasteiger partial charge in [0.2, 0.25) is 0 Å². The molecule has 0 aromatic heterocycles. The summed E-state index contributed by atoms with van der Waals surface area (Å²) < 4.78 is 10.1. The third-order valence-electron chi connectivity index (χ3n) is 2.94. The molecule has 0 bridgehead atoms. The van der Waals surface area contributed by atoms with Crippen molar-refractivity contribution in [2.75, 3.05) is 32.3 Å². The number of hydrogen-bond donors (Lipinski definition) is 1. The van der Waals surface area contributed by atoms with E-state index in [0.717, 1.165) is 23.6 Å². The third-order valence-corrected chi connectivity index (χ3v) is 3.95. The molecule has 0 aliphatic rings. The quantitative estimate of drug-likeness (QED) is 0.747. The van der Waals surface area contributed by atoms with Gasteiger partial charge in [0.25, 0.3) is 0 Å². The number of carbonyl (C=O) groups is 1. The molecular formula is C15H23NO3S. The fraction of sp³-hybridized carbons (Fsp3) is 0.533. The lowest BCUT2D eigenvalue weighted by molar-refractivity contribution is -0.137. The number of hydrogen-bond acceptors (Lipinski definition) is 5. The van der Waals surface area contributed by atoms with E-state index in [1.165, 1.54) is 12.7 Å². The van der Waals surface area contributed by atoms with Gasteiger partial charge >= 0.3 is 5.97 Å². The molecule has 0 radical (unpaired) electrons. The van der Waals surface area contributed by atoms with E-state index >= 15 is 0 Å². The van der Waals surface area contributed by atoms with E-state index in [4.69, 9.17) is 4.74 Å². The van der Waals surface area contributed by atoms with Crippen LogP contribution >= 0.6 is 11.8 Å². The van der Waals surface area contributed by atoms with Gasteiger partial charge in [-0.25, -0.2) is 0 Å². The first-order valence-corrected chi connectivity index (χ1v) is 7.80. The summed E-state index contributed by atoms with van der Waals surface area (Å²) in [5.41, 5.74) is 2.33. The van der Waals surface area contributed by atoms with Crippen LogP contribution in [0.3, 0.4) is 0 Å². The predicted molar refractivity (Wildman–Crippen MR) is 83.5 cm³/mol. The largest absolute Gasteiger partial charge is 0.496 e. The number of carbonyl (C=O) groups excluding carboxylic acids is 1. The van der Waals surface area contributed by atoms with Crippen molar-refractivity contribution >= 4 is 17.7 Å². The SMILES string of the molecule is CCNC(CSCC(=O)OC)c1cc(C)ccc1OC. The van der Waals surface area contributed by atoms with Crippen molar-refractivity contribution in [3.63, 3.8) is 0 Å². The minimum atomic E-state index is -0.193. The summed E-state index contributed by atoms with van der Waals surface area (Å²) >= 11 is 1.56. The number of nitrogens with one attached hydrogen (secondary N) is 1. The van der Waals surface area contributed by atoms with Crippen LogP contribution in [0.5, 0.6) is 5.75 Å². The van der Waals surface area contributed by atoms with Crippen molar-refractivity contribution in [3.05, 3.63) is 29.3 Å². The van der Waals surface area contributed by atoms with Gasteiger partial charge in [-0.15, -0.1) is 11.8 Å². The normalized spacial score (nSPS) is 12.0. The Morgan fingerprint density at radius 3 is 2.75 bits per heavy atom. The van der Waals surface area contributed by atoms with Crippen molar-refractivity contribution in [2.24, 2.45) is 0 Å². The van der Waals surface area contributed by atoms with Crippen LogP contribution in [-0.2, 0) is 9.53 Å². The Morgan fingerprint density at radius 1 is 1.40 bits per heavy atom. The smallest absolute Gasteiger partial charge is 0.315 e. The number of benzene rings is 1. The van der Waals surface area contributed by atoms with Gasteiger partial charge in [-0.05, 0) is 19.5 Å². The second kappa shape index (κ2) is 8.87. The van der Waals surface area contributed by atoms with Crippen LogP contribution in [0.2, 0.25) is 0 Å². The summed E-state index contributed by atoms with van der Waals surface area (Å²) in [5, 5.41) is 3.44. The average Bonchev–Trinajstić information content (AvgIpc) is 2.46. The topological polar surface area (TPSA) is 47.6 Å². The van der Waals surface area contributed by atoms with Gasteiger partial charge in [-0.1, -0.05) is 24.6 Å². The second-order valence-corrected chi connectivity index (χ2v) is 5.48. The van der Waals surface area contributed by atoms with Crippen LogP contribution in [-0.4, -0.2) is 38.2 Å². The molecule has 112 valence electrons. The number of ether oxygens (including phenoxy) is 2. The van der Waals surface area contributed by atoms with E-state index in [2.05, 4.69) is 30.0 Å². The molecule has 0 saturated heterocycles. The lowest BCUT2D eigenvalue weighted by atomic mass is 10.0. The molecular weight excluding hydrogens is 274 g/mol. The number of thioether (sulfide) groups is 1. The summed E-state index contributed by atoms with van der Waals surface area (Å²) in [4.78, 5) is 11.2. The Morgan fingerprint density at radius 2 is 2.15 bits per heavy atom. The standard InChI is InChI=1S/C15H23NO3S/c1-5-16-13(9-20-10-15(17)19-4)12-8-11(2)6-7-14(12)18-3/h6-8,13,16H,5,9-10H2,1-4H3. The van der Waals surface area contributed by atoms with Crippen molar-refractivity contribution in [2.45, 2.75) is 19.9 Å². The number of aryl methyl sites for hydroxylation is 1. The predicted octanol–water partition coefficient (Wildman–Crippen LogP) is 2.56. The second-order valence-electron chi connectivity index (χ2n) is 4.45. The molecule has 1 unspecified atom stereocenters. The molecule has 1 atom stereocenters. The van der Waals surface area contributed by atoms with Crippen molar-refractivity contribution < 1.29 is 14.3 Å². The molecule has 1 N–H and O–H groups in total. The third kappa shape index (κ3) is 5.06. The van der Waals surface area contributed by atoms with E-state index in [1.54, 1.807) is 18.9 Å².